The van der Waals surface area contributed by atoms with E-state index in [0.29, 0.717) is 5.92 Å². The van der Waals surface area contributed by atoms with Crippen LogP contribution in [0.2, 0.25) is 5.02 Å². The first-order chi connectivity index (χ1) is 12.3. The van der Waals surface area contributed by atoms with Crippen LogP contribution >= 0.6 is 11.6 Å². The number of fused-ring (bicyclic) bond motifs is 3. The molecule has 0 amide bonds. The Kier molecular flexibility index (Phi) is 3.69. The van der Waals surface area contributed by atoms with Gasteiger partial charge in [0.25, 0.3) is 0 Å². The number of aromatic nitrogens is 1. The van der Waals surface area contributed by atoms with Gasteiger partial charge in [0.15, 0.2) is 0 Å². The fraction of sp³-hybridized carbons (Fsp3) is 0.273. The molecule has 3 aliphatic heterocycles. The number of rotatable bonds is 2. The highest BCUT2D eigenvalue weighted by molar-refractivity contribution is 6.30. The van der Waals surface area contributed by atoms with Crippen molar-refractivity contribution in [3.05, 3.63) is 69.9 Å². The fourth-order valence-electron chi connectivity index (χ4n) is 4.34. The molecule has 0 radical (unpaired) electrons. The second-order valence-corrected chi connectivity index (χ2v) is 7.66. The minimum atomic E-state index is 0.703. The molecule has 4 heterocycles. The Balaban J connectivity index is 1.58. The third kappa shape index (κ3) is 2.70. The lowest BCUT2D eigenvalue weighted by Crippen LogP contribution is -2.29. The molecular weight excluding hydrogens is 328 g/mol. The maximum atomic E-state index is 5.98. The summed E-state index contributed by atoms with van der Waals surface area (Å²) in [6, 6.07) is 14.6. The Labute approximate surface area is 153 Å². The van der Waals surface area contributed by atoms with Crippen LogP contribution in [-0.2, 0) is 6.54 Å². The zero-order chi connectivity index (χ0) is 16.8. The van der Waals surface area contributed by atoms with Crippen molar-refractivity contribution in [1.82, 2.24) is 9.88 Å². The number of para-hydroxylation sites is 1. The number of halogens is 1. The third-order valence-corrected chi connectivity index (χ3v) is 5.96. The molecule has 3 aliphatic rings. The molecule has 1 N–H and O–H groups in total. The molecule has 1 aromatic heterocycles. The number of nitrogens with zero attached hydrogens (tertiary/aromatic N) is 1. The van der Waals surface area contributed by atoms with E-state index in [1.165, 1.54) is 59.2 Å². The van der Waals surface area contributed by atoms with Crippen molar-refractivity contribution < 1.29 is 0 Å². The van der Waals surface area contributed by atoms with Gasteiger partial charge in [-0.3, -0.25) is 4.90 Å². The topological polar surface area (TPSA) is 19.0 Å². The molecule has 1 saturated heterocycles. The molecule has 0 spiro atoms. The second-order valence-electron chi connectivity index (χ2n) is 7.22. The highest BCUT2D eigenvalue weighted by Gasteiger charge is 2.30. The SMILES string of the molecule is Clc1ccc(C=Cc2cccc3c4c([nH]c23)C2CCN(CC2)C4)cc1. The van der Waals surface area contributed by atoms with Gasteiger partial charge >= 0.3 is 0 Å². The van der Waals surface area contributed by atoms with Gasteiger partial charge in [-0.05, 0) is 54.8 Å². The second kappa shape index (κ2) is 6.05. The third-order valence-electron chi connectivity index (χ3n) is 5.71. The van der Waals surface area contributed by atoms with E-state index in [-0.39, 0.29) is 0 Å². The molecule has 2 nitrogen and oxygen atoms in total. The first-order valence-electron chi connectivity index (χ1n) is 9.07. The summed E-state index contributed by atoms with van der Waals surface area (Å²) >= 11 is 5.98. The van der Waals surface area contributed by atoms with Gasteiger partial charge < -0.3 is 4.98 Å². The van der Waals surface area contributed by atoms with E-state index in [4.69, 9.17) is 11.6 Å². The van der Waals surface area contributed by atoms with E-state index in [0.717, 1.165) is 11.6 Å². The van der Waals surface area contributed by atoms with E-state index in [2.05, 4.69) is 52.4 Å². The monoisotopic (exact) mass is 348 g/mol. The number of benzene rings is 2. The molecule has 6 rings (SSSR count). The van der Waals surface area contributed by atoms with Gasteiger partial charge in [-0.2, -0.15) is 0 Å². The normalized spacial score (nSPS) is 22.4. The quantitative estimate of drug-likeness (QED) is 0.590. The van der Waals surface area contributed by atoms with Gasteiger partial charge in [0.05, 0.1) is 5.52 Å². The zero-order valence-corrected chi connectivity index (χ0v) is 14.9. The number of nitrogens with one attached hydrogen (secondary N) is 1. The molecule has 3 heteroatoms. The lowest BCUT2D eigenvalue weighted by Gasteiger charge is -2.26. The highest BCUT2D eigenvalue weighted by atomic mass is 35.5. The molecule has 3 aromatic rings. The van der Waals surface area contributed by atoms with Gasteiger partial charge in [-0.25, -0.2) is 0 Å². The summed E-state index contributed by atoms with van der Waals surface area (Å²) in [5.41, 5.74) is 6.72. The predicted octanol–water partition coefficient (Wildman–Crippen LogP) is 5.68. The number of hydrogen-bond donors (Lipinski definition) is 1. The van der Waals surface area contributed by atoms with Crippen molar-refractivity contribution in [3.63, 3.8) is 0 Å². The van der Waals surface area contributed by atoms with Gasteiger partial charge in [-0.15, -0.1) is 0 Å². The molecule has 0 atom stereocenters. The first-order valence-corrected chi connectivity index (χ1v) is 9.45. The lowest BCUT2D eigenvalue weighted by molar-refractivity contribution is 0.220. The Hall–Kier alpha value is -2.03. The van der Waals surface area contributed by atoms with Crippen LogP contribution in [0.5, 0.6) is 0 Å². The van der Waals surface area contributed by atoms with Crippen LogP contribution in [0.3, 0.4) is 0 Å². The van der Waals surface area contributed by atoms with E-state index in [9.17, 15) is 0 Å². The molecule has 0 saturated carbocycles. The van der Waals surface area contributed by atoms with Crippen LogP contribution < -0.4 is 0 Å². The van der Waals surface area contributed by atoms with Crippen molar-refractivity contribution in [2.75, 3.05) is 13.1 Å². The average Bonchev–Trinajstić information content (AvgIpc) is 2.82. The summed E-state index contributed by atoms with van der Waals surface area (Å²) in [5.74, 6) is 0.703. The van der Waals surface area contributed by atoms with Crippen LogP contribution in [0.4, 0.5) is 0 Å². The van der Waals surface area contributed by atoms with Gasteiger partial charge in [0.1, 0.15) is 0 Å². The smallest absolute Gasteiger partial charge is 0.0533 e. The summed E-state index contributed by atoms with van der Waals surface area (Å²) in [7, 11) is 0. The summed E-state index contributed by atoms with van der Waals surface area (Å²) in [6.45, 7) is 3.58. The first kappa shape index (κ1) is 15.2. The predicted molar refractivity (Wildman–Crippen MR) is 106 cm³/mol. The van der Waals surface area contributed by atoms with E-state index in [1.54, 1.807) is 0 Å². The minimum absolute atomic E-state index is 0.703. The number of aromatic amines is 1. The molecular formula is C22H21ClN2. The Morgan fingerprint density at radius 1 is 1.00 bits per heavy atom. The summed E-state index contributed by atoms with van der Waals surface area (Å²) in [5, 5.41) is 2.17. The molecule has 1 fully saturated rings. The van der Waals surface area contributed by atoms with Gasteiger partial charge in [0, 0.05) is 28.6 Å². The number of hydrogen-bond acceptors (Lipinski definition) is 1. The lowest BCUT2D eigenvalue weighted by atomic mass is 9.94. The maximum absolute atomic E-state index is 5.98. The molecule has 25 heavy (non-hydrogen) atoms. The van der Waals surface area contributed by atoms with E-state index >= 15 is 0 Å². The molecule has 2 bridgehead atoms. The van der Waals surface area contributed by atoms with Gasteiger partial charge in [-0.1, -0.05) is 54.1 Å². The van der Waals surface area contributed by atoms with E-state index in [1.807, 2.05) is 12.1 Å². The Bertz CT molecular complexity index is 944. The van der Waals surface area contributed by atoms with Crippen LogP contribution in [0.25, 0.3) is 23.1 Å². The van der Waals surface area contributed by atoms with Crippen LogP contribution in [-0.4, -0.2) is 23.0 Å². The van der Waals surface area contributed by atoms with Crippen LogP contribution in [0.15, 0.2) is 42.5 Å². The minimum Gasteiger partial charge on any atom is -0.357 e. The van der Waals surface area contributed by atoms with Crippen molar-refractivity contribution in [2.45, 2.75) is 25.3 Å². The summed E-state index contributed by atoms with van der Waals surface area (Å²) < 4.78 is 0. The average molecular weight is 349 g/mol. The highest BCUT2D eigenvalue weighted by Crippen LogP contribution is 2.39. The molecule has 126 valence electrons. The number of H-pyrrole nitrogens is 1. The fourth-order valence-corrected chi connectivity index (χ4v) is 4.46. The van der Waals surface area contributed by atoms with Crippen molar-refractivity contribution in [2.24, 2.45) is 0 Å². The molecule has 2 aromatic carbocycles. The van der Waals surface area contributed by atoms with Crippen LogP contribution in [0, 0.1) is 0 Å². The van der Waals surface area contributed by atoms with Crippen molar-refractivity contribution >= 4 is 34.7 Å². The largest absolute Gasteiger partial charge is 0.357 e. The summed E-state index contributed by atoms with van der Waals surface area (Å²) in [6.07, 6.45) is 6.94. The maximum Gasteiger partial charge on any atom is 0.0533 e. The Morgan fingerprint density at radius 3 is 2.60 bits per heavy atom. The van der Waals surface area contributed by atoms with Crippen LogP contribution in [0.1, 0.15) is 41.1 Å². The van der Waals surface area contributed by atoms with Crippen molar-refractivity contribution in [1.29, 1.82) is 0 Å². The van der Waals surface area contributed by atoms with Gasteiger partial charge in [0.2, 0.25) is 0 Å². The summed E-state index contributed by atoms with van der Waals surface area (Å²) in [4.78, 5) is 6.40. The standard InChI is InChI=1S/C22H21ClN2/c23-18-8-5-15(6-9-18)4-7-16-2-1-3-19-20-14-25-12-10-17(11-13-25)22(20)24-21(16)19/h1-9,17,24H,10-14H2. The molecule has 0 aliphatic carbocycles. The Morgan fingerprint density at radius 2 is 1.80 bits per heavy atom. The van der Waals surface area contributed by atoms with Crippen molar-refractivity contribution in [3.8, 4) is 0 Å². The number of piperidine rings is 1. The van der Waals surface area contributed by atoms with E-state index < -0.39 is 0 Å². The zero-order valence-electron chi connectivity index (χ0n) is 14.1. The molecule has 0 unspecified atom stereocenters.